The maximum atomic E-state index is 13.0. The second kappa shape index (κ2) is 9.00. The third kappa shape index (κ3) is 4.62. The monoisotopic (exact) mass is 403 g/mol. The van der Waals surface area contributed by atoms with Crippen molar-refractivity contribution >= 4 is 17.5 Å². The van der Waals surface area contributed by atoms with Crippen LogP contribution >= 0.6 is 0 Å². The molecule has 2 unspecified atom stereocenters. The Balaban J connectivity index is 1.69. The summed E-state index contributed by atoms with van der Waals surface area (Å²) < 4.78 is 0. The molecule has 1 amide bonds. The Morgan fingerprint density at radius 2 is 1.83 bits per heavy atom. The highest BCUT2D eigenvalue weighted by atomic mass is 16.2. The quantitative estimate of drug-likeness (QED) is 0.613. The molecule has 1 fully saturated rings. The molecule has 154 valence electrons. The molecule has 0 bridgehead atoms. The van der Waals surface area contributed by atoms with Crippen LogP contribution in [0.5, 0.6) is 0 Å². The van der Waals surface area contributed by atoms with Gasteiger partial charge in [-0.2, -0.15) is 0 Å². The molecule has 1 aromatic heterocycles. The number of aryl methyl sites for hydroxylation is 3. The molecule has 0 spiro atoms. The van der Waals surface area contributed by atoms with Crippen molar-refractivity contribution in [1.82, 2.24) is 15.3 Å². The van der Waals surface area contributed by atoms with Gasteiger partial charge in [-0.25, -0.2) is 0 Å². The molecular formula is C24H25N3O3. The summed E-state index contributed by atoms with van der Waals surface area (Å²) in [4.78, 5) is 46.4. The van der Waals surface area contributed by atoms with E-state index in [1.807, 2.05) is 32.9 Å². The fourth-order valence-electron chi connectivity index (χ4n) is 3.97. The van der Waals surface area contributed by atoms with Crippen molar-refractivity contribution < 1.29 is 14.4 Å². The first-order chi connectivity index (χ1) is 14.3. The van der Waals surface area contributed by atoms with E-state index in [1.54, 1.807) is 19.3 Å². The van der Waals surface area contributed by atoms with Gasteiger partial charge < -0.3 is 5.32 Å². The largest absolute Gasteiger partial charge is 0.350 e. The summed E-state index contributed by atoms with van der Waals surface area (Å²) in [7, 11) is 0. The van der Waals surface area contributed by atoms with E-state index in [0.717, 1.165) is 27.9 Å². The molecule has 6 heteroatoms. The minimum atomic E-state index is -0.797. The van der Waals surface area contributed by atoms with Crippen LogP contribution in [0.4, 0.5) is 0 Å². The van der Waals surface area contributed by atoms with Crippen molar-refractivity contribution in [3.05, 3.63) is 58.2 Å². The molecular weight excluding hydrogens is 378 g/mol. The Hall–Kier alpha value is -3.33. The van der Waals surface area contributed by atoms with Crippen molar-refractivity contribution in [1.29, 1.82) is 0 Å². The maximum absolute atomic E-state index is 13.0. The fourth-order valence-corrected chi connectivity index (χ4v) is 3.97. The van der Waals surface area contributed by atoms with Gasteiger partial charge in [0.05, 0.1) is 24.1 Å². The second-order valence-electron chi connectivity index (χ2n) is 7.73. The van der Waals surface area contributed by atoms with E-state index in [1.165, 1.54) is 0 Å². The van der Waals surface area contributed by atoms with Gasteiger partial charge >= 0.3 is 0 Å². The average molecular weight is 403 g/mol. The van der Waals surface area contributed by atoms with Crippen molar-refractivity contribution in [2.75, 3.05) is 0 Å². The summed E-state index contributed by atoms with van der Waals surface area (Å²) in [5.41, 5.74) is 4.81. The SMILES string of the molecule is CC#Cc1cc(C)c(C2C(=O)CC(CC(=O)NCc3cnc(C)cn3)C2=O)c(C)c1. The van der Waals surface area contributed by atoms with Crippen LogP contribution in [-0.2, 0) is 20.9 Å². The van der Waals surface area contributed by atoms with Crippen LogP contribution in [0.15, 0.2) is 24.5 Å². The Bertz CT molecular complexity index is 1040. The normalized spacial score (nSPS) is 18.1. The number of rotatable bonds is 5. The number of Topliss-reactive ketones (excluding diaryl/α,β-unsaturated/α-hetero) is 2. The molecule has 2 atom stereocenters. The third-order valence-electron chi connectivity index (χ3n) is 5.34. The highest BCUT2D eigenvalue weighted by Crippen LogP contribution is 2.37. The number of nitrogens with one attached hydrogen (secondary N) is 1. The molecule has 1 aliphatic carbocycles. The Morgan fingerprint density at radius 1 is 1.13 bits per heavy atom. The van der Waals surface area contributed by atoms with E-state index >= 15 is 0 Å². The molecule has 1 N–H and O–H groups in total. The molecule has 2 aromatic rings. The van der Waals surface area contributed by atoms with Crippen LogP contribution in [0.3, 0.4) is 0 Å². The van der Waals surface area contributed by atoms with Gasteiger partial charge in [0, 0.05) is 30.5 Å². The van der Waals surface area contributed by atoms with E-state index in [2.05, 4.69) is 27.1 Å². The summed E-state index contributed by atoms with van der Waals surface area (Å²) >= 11 is 0. The molecule has 1 aliphatic rings. The maximum Gasteiger partial charge on any atom is 0.221 e. The number of amides is 1. The van der Waals surface area contributed by atoms with Gasteiger partial charge in [0.2, 0.25) is 5.91 Å². The predicted molar refractivity (Wildman–Crippen MR) is 113 cm³/mol. The molecule has 1 heterocycles. The number of benzene rings is 1. The lowest BCUT2D eigenvalue weighted by Crippen LogP contribution is -2.27. The summed E-state index contributed by atoms with van der Waals surface area (Å²) in [5, 5.41) is 2.76. The second-order valence-corrected chi connectivity index (χ2v) is 7.73. The Morgan fingerprint density at radius 3 is 2.43 bits per heavy atom. The minimum Gasteiger partial charge on any atom is -0.350 e. The summed E-state index contributed by atoms with van der Waals surface area (Å²) in [5.74, 6) is 3.91. The Labute approximate surface area is 176 Å². The van der Waals surface area contributed by atoms with Crippen LogP contribution in [0.1, 0.15) is 59.3 Å². The van der Waals surface area contributed by atoms with E-state index in [4.69, 9.17) is 0 Å². The lowest BCUT2D eigenvalue weighted by molar-refractivity contribution is -0.128. The molecule has 0 aliphatic heterocycles. The highest BCUT2D eigenvalue weighted by molar-refractivity contribution is 6.15. The van der Waals surface area contributed by atoms with Gasteiger partial charge in [0.1, 0.15) is 11.7 Å². The van der Waals surface area contributed by atoms with Crippen LogP contribution in [0, 0.1) is 38.5 Å². The predicted octanol–water partition coefficient (Wildman–Crippen LogP) is 2.72. The molecule has 0 radical (unpaired) electrons. The van der Waals surface area contributed by atoms with Gasteiger partial charge in [-0.05, 0) is 56.5 Å². The zero-order chi connectivity index (χ0) is 21.8. The molecule has 0 saturated heterocycles. The number of carbonyl (C=O) groups is 3. The van der Waals surface area contributed by atoms with E-state index in [9.17, 15) is 14.4 Å². The zero-order valence-corrected chi connectivity index (χ0v) is 17.7. The topological polar surface area (TPSA) is 89.0 Å². The third-order valence-corrected chi connectivity index (χ3v) is 5.34. The van der Waals surface area contributed by atoms with Gasteiger partial charge in [0.25, 0.3) is 0 Å². The van der Waals surface area contributed by atoms with Gasteiger partial charge in [-0.1, -0.05) is 5.92 Å². The van der Waals surface area contributed by atoms with Gasteiger partial charge in [-0.15, -0.1) is 5.92 Å². The van der Waals surface area contributed by atoms with Gasteiger partial charge in [0.15, 0.2) is 5.78 Å². The zero-order valence-electron chi connectivity index (χ0n) is 17.7. The summed E-state index contributed by atoms with van der Waals surface area (Å²) in [6.07, 6.45) is 3.33. The van der Waals surface area contributed by atoms with Crippen molar-refractivity contribution in [3.8, 4) is 11.8 Å². The molecule has 3 rings (SSSR count). The first kappa shape index (κ1) is 21.4. The molecule has 1 aromatic carbocycles. The van der Waals surface area contributed by atoms with E-state index in [-0.39, 0.29) is 36.9 Å². The Kier molecular flexibility index (Phi) is 6.41. The fraction of sp³-hybridized carbons (Fsp3) is 0.375. The number of nitrogens with zero attached hydrogens (tertiary/aromatic N) is 2. The molecule has 30 heavy (non-hydrogen) atoms. The van der Waals surface area contributed by atoms with Crippen molar-refractivity contribution in [2.45, 2.75) is 53.0 Å². The van der Waals surface area contributed by atoms with Crippen molar-refractivity contribution in [2.24, 2.45) is 5.92 Å². The minimum absolute atomic E-state index is 0.00213. The number of aromatic nitrogens is 2. The number of carbonyl (C=O) groups excluding carboxylic acids is 3. The first-order valence-electron chi connectivity index (χ1n) is 9.94. The molecule has 1 saturated carbocycles. The van der Waals surface area contributed by atoms with E-state index in [0.29, 0.717) is 5.69 Å². The van der Waals surface area contributed by atoms with Crippen LogP contribution in [-0.4, -0.2) is 27.4 Å². The lowest BCUT2D eigenvalue weighted by atomic mass is 9.86. The number of hydrogen-bond acceptors (Lipinski definition) is 5. The lowest BCUT2D eigenvalue weighted by Gasteiger charge is -2.16. The summed E-state index contributed by atoms with van der Waals surface area (Å²) in [6, 6.07) is 3.81. The van der Waals surface area contributed by atoms with E-state index < -0.39 is 11.8 Å². The van der Waals surface area contributed by atoms with Crippen molar-refractivity contribution in [3.63, 3.8) is 0 Å². The molecule has 6 nitrogen and oxygen atoms in total. The van der Waals surface area contributed by atoms with Gasteiger partial charge in [-0.3, -0.25) is 24.4 Å². The number of hydrogen-bond donors (Lipinski definition) is 1. The smallest absolute Gasteiger partial charge is 0.221 e. The van der Waals surface area contributed by atoms with Crippen LogP contribution in [0.25, 0.3) is 0 Å². The first-order valence-corrected chi connectivity index (χ1v) is 9.94. The van der Waals surface area contributed by atoms with Crippen LogP contribution in [0.2, 0.25) is 0 Å². The standard InChI is InChI=1S/C24H25N3O3/c1-5-6-17-7-14(2)22(15(3)8-17)23-20(28)9-18(24(23)30)10-21(29)27-13-19-12-25-16(4)11-26-19/h7-8,11-12,18,23H,9-10,13H2,1-4H3,(H,27,29). The van der Waals surface area contributed by atoms with Crippen LogP contribution < -0.4 is 5.32 Å². The summed E-state index contributed by atoms with van der Waals surface area (Å²) in [6.45, 7) is 7.63. The average Bonchev–Trinajstić information content (AvgIpc) is 2.95. The number of ketones is 2. The highest BCUT2D eigenvalue weighted by Gasteiger charge is 2.43.